The van der Waals surface area contributed by atoms with Gasteiger partial charge < -0.3 is 15.0 Å². The van der Waals surface area contributed by atoms with E-state index < -0.39 is 0 Å². The Morgan fingerprint density at radius 2 is 1.97 bits per heavy atom. The van der Waals surface area contributed by atoms with E-state index in [2.05, 4.69) is 17.3 Å². The highest BCUT2D eigenvalue weighted by molar-refractivity contribution is 7.99. The fraction of sp³-hybridized carbons (Fsp3) is 0.296. The number of aromatic nitrogens is 2. The molecule has 0 saturated heterocycles. The lowest BCUT2D eigenvalue weighted by atomic mass is 10.1. The second-order valence-corrected chi connectivity index (χ2v) is 10.8. The number of fused-ring (bicyclic) bond motifs is 3. The molecule has 0 radical (unpaired) electrons. The largest absolute Gasteiger partial charge is 0.494 e. The first-order chi connectivity index (χ1) is 17.4. The van der Waals surface area contributed by atoms with Crippen molar-refractivity contribution in [1.29, 1.82) is 0 Å². The van der Waals surface area contributed by atoms with Gasteiger partial charge in [-0.1, -0.05) is 30.0 Å². The number of amides is 1. The first-order valence-electron chi connectivity index (χ1n) is 11.9. The normalized spacial score (nSPS) is 13.5. The number of thiophene rings is 1. The Labute approximate surface area is 218 Å². The van der Waals surface area contributed by atoms with Gasteiger partial charge in [-0.05, 0) is 68.8 Å². The Morgan fingerprint density at radius 3 is 2.72 bits per heavy atom. The van der Waals surface area contributed by atoms with Crippen molar-refractivity contribution in [2.24, 2.45) is 0 Å². The molecule has 4 aromatic rings. The van der Waals surface area contributed by atoms with E-state index in [9.17, 15) is 9.59 Å². The van der Waals surface area contributed by atoms with Crippen molar-refractivity contribution in [2.75, 3.05) is 31.3 Å². The van der Waals surface area contributed by atoms with Gasteiger partial charge in [0, 0.05) is 23.7 Å². The molecule has 1 N–H and O–H groups in total. The lowest BCUT2D eigenvalue weighted by molar-refractivity contribution is -0.113. The highest BCUT2D eigenvalue weighted by Crippen LogP contribution is 2.34. The van der Waals surface area contributed by atoms with Crippen LogP contribution in [0.5, 0.6) is 5.75 Å². The number of nitrogens with zero attached hydrogens (tertiary/aromatic N) is 3. The molecule has 7 nitrogen and oxygen atoms in total. The first kappa shape index (κ1) is 24.5. The second-order valence-electron chi connectivity index (χ2n) is 8.79. The van der Waals surface area contributed by atoms with E-state index in [0.717, 1.165) is 46.9 Å². The minimum absolute atomic E-state index is 0.0898. The van der Waals surface area contributed by atoms with E-state index in [0.29, 0.717) is 22.8 Å². The number of aryl methyl sites for hydroxylation is 1. The summed E-state index contributed by atoms with van der Waals surface area (Å²) in [7, 11) is 2.09. The van der Waals surface area contributed by atoms with Crippen molar-refractivity contribution >= 4 is 44.9 Å². The molecule has 0 spiro atoms. The summed E-state index contributed by atoms with van der Waals surface area (Å²) in [5.74, 6) is 0.733. The van der Waals surface area contributed by atoms with Gasteiger partial charge in [-0.3, -0.25) is 14.2 Å². The third-order valence-corrected chi connectivity index (χ3v) is 8.24. The average molecular weight is 521 g/mol. The van der Waals surface area contributed by atoms with Gasteiger partial charge in [-0.15, -0.1) is 11.3 Å². The Kier molecular flexibility index (Phi) is 7.13. The molecule has 0 fully saturated rings. The third kappa shape index (κ3) is 4.91. The molecule has 1 aliphatic heterocycles. The number of hydrogen-bond acceptors (Lipinski definition) is 7. The zero-order valence-corrected chi connectivity index (χ0v) is 22.2. The van der Waals surface area contributed by atoms with Crippen LogP contribution in [0.2, 0.25) is 0 Å². The number of nitrogens with one attached hydrogen (secondary N) is 1. The first-order valence-corrected chi connectivity index (χ1v) is 13.7. The second kappa shape index (κ2) is 10.5. The van der Waals surface area contributed by atoms with Gasteiger partial charge in [0.05, 0.1) is 23.4 Å². The number of ether oxygens (including phenoxy) is 1. The van der Waals surface area contributed by atoms with Crippen molar-refractivity contribution in [3.63, 3.8) is 0 Å². The maximum absolute atomic E-state index is 13.9. The monoisotopic (exact) mass is 520 g/mol. The van der Waals surface area contributed by atoms with Crippen molar-refractivity contribution < 1.29 is 9.53 Å². The molecule has 0 atom stereocenters. The third-order valence-electron chi connectivity index (χ3n) is 6.19. The van der Waals surface area contributed by atoms with Gasteiger partial charge in [0.2, 0.25) is 5.91 Å². The van der Waals surface area contributed by atoms with Crippen LogP contribution in [0.3, 0.4) is 0 Å². The molecule has 36 heavy (non-hydrogen) atoms. The molecule has 1 aliphatic rings. The van der Waals surface area contributed by atoms with Crippen LogP contribution in [0.1, 0.15) is 22.9 Å². The zero-order valence-electron chi connectivity index (χ0n) is 20.5. The molecular formula is C27H28N4O3S2. The predicted octanol–water partition coefficient (Wildman–Crippen LogP) is 4.87. The van der Waals surface area contributed by atoms with Crippen molar-refractivity contribution in [3.8, 4) is 11.4 Å². The molecule has 0 unspecified atom stereocenters. The Balaban J connectivity index is 1.53. The van der Waals surface area contributed by atoms with E-state index >= 15 is 0 Å². The maximum Gasteiger partial charge on any atom is 0.267 e. The topological polar surface area (TPSA) is 76.5 Å². The lowest BCUT2D eigenvalue weighted by Gasteiger charge is -2.21. The van der Waals surface area contributed by atoms with Gasteiger partial charge in [-0.25, -0.2) is 4.98 Å². The molecule has 0 saturated carbocycles. The highest BCUT2D eigenvalue weighted by Gasteiger charge is 2.25. The minimum atomic E-state index is -0.144. The summed E-state index contributed by atoms with van der Waals surface area (Å²) in [6.45, 7) is 6.19. The number of para-hydroxylation sites is 1. The van der Waals surface area contributed by atoms with Crippen molar-refractivity contribution in [3.05, 3.63) is 74.9 Å². The van der Waals surface area contributed by atoms with E-state index in [4.69, 9.17) is 9.72 Å². The summed E-state index contributed by atoms with van der Waals surface area (Å²) < 4.78 is 7.21. The number of carbonyl (C=O) groups is 1. The van der Waals surface area contributed by atoms with E-state index in [-0.39, 0.29) is 17.2 Å². The molecule has 186 valence electrons. The van der Waals surface area contributed by atoms with Crippen LogP contribution in [0, 0.1) is 6.92 Å². The summed E-state index contributed by atoms with van der Waals surface area (Å²) in [6, 6.07) is 15.1. The predicted molar refractivity (Wildman–Crippen MR) is 147 cm³/mol. The van der Waals surface area contributed by atoms with Crippen LogP contribution < -0.4 is 15.6 Å². The van der Waals surface area contributed by atoms with E-state index in [1.54, 1.807) is 15.9 Å². The molecule has 0 aliphatic carbocycles. The molecule has 2 aromatic carbocycles. The fourth-order valence-electron chi connectivity index (χ4n) is 4.36. The standard InChI is InChI=1S/C27H28N4O3S2/c1-4-34-19-11-9-18(10-12-19)31-26(33)24-20-13-14-30(3)15-22(20)36-25(24)29-27(31)35-16-23(32)28-21-8-6-5-7-17(21)2/h5-12H,4,13-16H2,1-3H3,(H,28,32). The molecule has 9 heteroatoms. The van der Waals surface area contributed by atoms with Crippen molar-refractivity contribution in [2.45, 2.75) is 32.0 Å². The van der Waals surface area contributed by atoms with E-state index in [1.807, 2.05) is 62.4 Å². The van der Waals surface area contributed by atoms with Gasteiger partial charge in [0.15, 0.2) is 5.16 Å². The smallest absolute Gasteiger partial charge is 0.267 e. The van der Waals surface area contributed by atoms with E-state index in [1.165, 1.54) is 16.6 Å². The number of hydrogen-bond donors (Lipinski definition) is 1. The summed E-state index contributed by atoms with van der Waals surface area (Å²) in [5, 5.41) is 4.17. The van der Waals surface area contributed by atoms with Crippen LogP contribution in [0.25, 0.3) is 15.9 Å². The average Bonchev–Trinajstić information content (AvgIpc) is 3.22. The summed E-state index contributed by atoms with van der Waals surface area (Å²) in [6.07, 6.45) is 0.831. The van der Waals surface area contributed by atoms with Gasteiger partial charge in [0.1, 0.15) is 10.6 Å². The zero-order chi connectivity index (χ0) is 25.2. The van der Waals surface area contributed by atoms with Crippen LogP contribution in [0.15, 0.2) is 58.5 Å². The SMILES string of the molecule is CCOc1ccc(-n2c(SCC(=O)Nc3ccccc3C)nc3sc4c(c3c2=O)CCN(C)C4)cc1. The van der Waals surface area contributed by atoms with Crippen LogP contribution in [0.4, 0.5) is 5.69 Å². The Bertz CT molecular complexity index is 1480. The lowest BCUT2D eigenvalue weighted by Crippen LogP contribution is -2.27. The number of thioether (sulfide) groups is 1. The number of rotatable bonds is 7. The number of likely N-dealkylation sites (N-methyl/N-ethyl adjacent to an activating group) is 1. The molecule has 0 bridgehead atoms. The molecule has 3 heterocycles. The minimum Gasteiger partial charge on any atom is -0.494 e. The highest BCUT2D eigenvalue weighted by atomic mass is 32.2. The summed E-state index contributed by atoms with van der Waals surface area (Å²) >= 11 is 2.85. The van der Waals surface area contributed by atoms with Crippen molar-refractivity contribution in [1.82, 2.24) is 14.5 Å². The Hall–Kier alpha value is -3.14. The van der Waals surface area contributed by atoms with Gasteiger partial charge >= 0.3 is 0 Å². The molecular weight excluding hydrogens is 492 g/mol. The number of carbonyl (C=O) groups excluding carboxylic acids is 1. The summed E-state index contributed by atoms with van der Waals surface area (Å²) in [5.41, 5.74) is 3.50. The van der Waals surface area contributed by atoms with Crippen LogP contribution in [-0.2, 0) is 17.8 Å². The fourth-order valence-corrected chi connectivity index (χ4v) is 6.52. The molecule has 2 aromatic heterocycles. The Morgan fingerprint density at radius 1 is 1.19 bits per heavy atom. The number of benzene rings is 2. The van der Waals surface area contributed by atoms with Gasteiger partial charge in [0.25, 0.3) is 5.56 Å². The van der Waals surface area contributed by atoms with Crippen LogP contribution in [-0.4, -0.2) is 46.3 Å². The molecule has 5 rings (SSSR count). The van der Waals surface area contributed by atoms with Crippen LogP contribution >= 0.6 is 23.1 Å². The van der Waals surface area contributed by atoms with Gasteiger partial charge in [-0.2, -0.15) is 0 Å². The number of anilines is 1. The quantitative estimate of drug-likeness (QED) is 0.277. The molecule has 1 amide bonds. The summed E-state index contributed by atoms with van der Waals surface area (Å²) in [4.78, 5) is 35.8. The maximum atomic E-state index is 13.9.